The summed E-state index contributed by atoms with van der Waals surface area (Å²) in [6.07, 6.45) is 5.38. The Morgan fingerprint density at radius 2 is 1.84 bits per heavy atom. The summed E-state index contributed by atoms with van der Waals surface area (Å²) in [5.74, 6) is -0.101. The maximum absolute atomic E-state index is 15.0. The maximum atomic E-state index is 15.0. The third kappa shape index (κ3) is 4.54. The van der Waals surface area contributed by atoms with Gasteiger partial charge in [-0.15, -0.1) is 0 Å². The van der Waals surface area contributed by atoms with Gasteiger partial charge in [0, 0.05) is 50.2 Å². The van der Waals surface area contributed by atoms with E-state index in [1.54, 1.807) is 47.5 Å². The summed E-state index contributed by atoms with van der Waals surface area (Å²) in [6.45, 7) is 0. The minimum atomic E-state index is -3.80. The number of fused-ring (bicyclic) bond motifs is 1. The topological polar surface area (TPSA) is 94.3 Å². The molecule has 0 amide bonds. The van der Waals surface area contributed by atoms with Crippen LogP contribution in [0.2, 0.25) is 0 Å². The van der Waals surface area contributed by atoms with Gasteiger partial charge < -0.3 is 4.74 Å². The second-order valence-electron chi connectivity index (χ2n) is 8.48. The van der Waals surface area contributed by atoms with Crippen LogP contribution in [0.1, 0.15) is 0 Å². The first kappa shape index (κ1) is 24.5. The lowest BCUT2D eigenvalue weighted by Gasteiger charge is -2.21. The van der Waals surface area contributed by atoms with E-state index in [4.69, 9.17) is 4.74 Å². The Labute approximate surface area is 213 Å². The number of benzene rings is 3. The van der Waals surface area contributed by atoms with Crippen molar-refractivity contribution in [3.8, 4) is 33.7 Å². The molecule has 0 aliphatic carbocycles. The number of halogens is 1. The number of hydrogen-bond donors (Lipinski definition) is 1. The smallest absolute Gasteiger partial charge is 0.301 e. The largest absolute Gasteiger partial charge is 0.497 e. The number of aromatic nitrogens is 4. The van der Waals surface area contributed by atoms with E-state index >= 15 is 4.39 Å². The van der Waals surface area contributed by atoms with E-state index < -0.39 is 16.0 Å². The number of aryl methyl sites for hydroxylation is 1. The quantitative estimate of drug-likeness (QED) is 0.348. The molecule has 0 saturated carbocycles. The second-order valence-corrected chi connectivity index (χ2v) is 10.4. The molecule has 5 rings (SSSR count). The Bertz CT molecular complexity index is 1730. The lowest BCUT2D eigenvalue weighted by atomic mass is 10.0. The van der Waals surface area contributed by atoms with Crippen LogP contribution in [0, 0.1) is 5.82 Å². The third-order valence-electron chi connectivity index (χ3n) is 6.24. The Kier molecular flexibility index (Phi) is 6.18. The van der Waals surface area contributed by atoms with Gasteiger partial charge in [-0.25, -0.2) is 14.1 Å². The summed E-state index contributed by atoms with van der Waals surface area (Å²) in [5, 5.41) is 4.23. The fourth-order valence-corrected chi connectivity index (χ4v) is 4.83. The number of nitrogens with one attached hydrogen (secondary N) is 1. The van der Waals surface area contributed by atoms with Crippen molar-refractivity contribution in [2.24, 2.45) is 7.05 Å². The molecule has 2 aromatic heterocycles. The zero-order valence-electron chi connectivity index (χ0n) is 20.7. The van der Waals surface area contributed by atoms with Gasteiger partial charge in [0.1, 0.15) is 17.9 Å². The highest BCUT2D eigenvalue weighted by Crippen LogP contribution is 2.34. The highest BCUT2D eigenvalue weighted by molar-refractivity contribution is 7.90. The highest BCUT2D eigenvalue weighted by Gasteiger charge is 2.19. The van der Waals surface area contributed by atoms with E-state index in [0.29, 0.717) is 28.3 Å². The van der Waals surface area contributed by atoms with E-state index in [-0.39, 0.29) is 0 Å². The standard InChI is InChI=1S/C26H25FN6O3S/c1-28-37(34,35)32(3)20-9-18(23-7-6-22(36-4)13-24(23)27)10-21(12-20)33-16-29-25-11-17(5-8-26(25)33)19-14-30-31(2)15-19/h5-16,28H,1-4H3. The summed E-state index contributed by atoms with van der Waals surface area (Å²) in [5.41, 5.74) is 5.29. The summed E-state index contributed by atoms with van der Waals surface area (Å²) < 4.78 is 52.3. The lowest BCUT2D eigenvalue weighted by molar-refractivity contribution is 0.411. The fraction of sp³-hybridized carbons (Fsp3) is 0.154. The first-order valence-electron chi connectivity index (χ1n) is 11.3. The van der Waals surface area contributed by atoms with Crippen LogP contribution >= 0.6 is 0 Å². The van der Waals surface area contributed by atoms with Crippen LogP contribution < -0.4 is 13.8 Å². The predicted octanol–water partition coefficient (Wildman–Crippen LogP) is 4.14. The van der Waals surface area contributed by atoms with E-state index in [1.807, 2.05) is 36.0 Å². The first-order valence-corrected chi connectivity index (χ1v) is 12.8. The zero-order valence-corrected chi connectivity index (χ0v) is 21.5. The molecular formula is C26H25FN6O3S. The zero-order chi connectivity index (χ0) is 26.3. The van der Waals surface area contributed by atoms with Crippen molar-refractivity contribution in [2.45, 2.75) is 0 Å². The van der Waals surface area contributed by atoms with E-state index in [9.17, 15) is 8.42 Å². The fourth-order valence-electron chi connectivity index (χ4n) is 4.17. The van der Waals surface area contributed by atoms with E-state index in [2.05, 4.69) is 14.8 Å². The first-order chi connectivity index (χ1) is 17.7. The number of ether oxygens (including phenoxy) is 1. The molecule has 2 heterocycles. The molecule has 0 fully saturated rings. The average molecular weight is 521 g/mol. The van der Waals surface area contributed by atoms with Gasteiger partial charge in [-0.2, -0.15) is 13.5 Å². The van der Waals surface area contributed by atoms with Gasteiger partial charge in [0.15, 0.2) is 0 Å². The normalized spacial score (nSPS) is 11.7. The number of anilines is 1. The number of methoxy groups -OCH3 is 1. The Morgan fingerprint density at radius 1 is 1.03 bits per heavy atom. The van der Waals surface area contributed by atoms with Gasteiger partial charge >= 0.3 is 10.2 Å². The molecular weight excluding hydrogens is 495 g/mol. The van der Waals surface area contributed by atoms with Crippen LogP contribution in [-0.2, 0) is 17.3 Å². The summed E-state index contributed by atoms with van der Waals surface area (Å²) >= 11 is 0. The van der Waals surface area contributed by atoms with Crippen LogP contribution in [0.25, 0.3) is 39.0 Å². The van der Waals surface area contributed by atoms with Crippen molar-refractivity contribution in [1.82, 2.24) is 24.1 Å². The molecule has 0 spiro atoms. The molecule has 0 bridgehead atoms. The van der Waals surface area contributed by atoms with Crippen LogP contribution in [-0.4, -0.2) is 49.0 Å². The molecule has 5 aromatic rings. The summed E-state index contributed by atoms with van der Waals surface area (Å²) in [6, 6.07) is 15.6. The van der Waals surface area contributed by atoms with Crippen LogP contribution in [0.4, 0.5) is 10.1 Å². The van der Waals surface area contributed by atoms with E-state index in [1.165, 1.54) is 27.3 Å². The molecule has 3 aromatic carbocycles. The Morgan fingerprint density at radius 3 is 2.51 bits per heavy atom. The maximum Gasteiger partial charge on any atom is 0.301 e. The van der Waals surface area contributed by atoms with Crippen molar-refractivity contribution < 1.29 is 17.5 Å². The van der Waals surface area contributed by atoms with Gasteiger partial charge in [-0.3, -0.25) is 13.6 Å². The summed E-state index contributed by atoms with van der Waals surface area (Å²) in [4.78, 5) is 4.57. The second kappa shape index (κ2) is 9.34. The Hall–Kier alpha value is -4.22. The minimum absolute atomic E-state index is 0.308. The molecule has 1 N–H and O–H groups in total. The van der Waals surface area contributed by atoms with Crippen molar-refractivity contribution in [2.75, 3.05) is 25.5 Å². The molecule has 0 atom stereocenters. The van der Waals surface area contributed by atoms with Crippen LogP contribution in [0.3, 0.4) is 0 Å². The van der Waals surface area contributed by atoms with Crippen LogP contribution in [0.15, 0.2) is 73.3 Å². The SMILES string of the molecule is CNS(=O)(=O)N(C)c1cc(-c2ccc(OC)cc2F)cc(-n2cnc3cc(-c4cnn(C)c4)ccc32)c1. The van der Waals surface area contributed by atoms with Gasteiger partial charge in [-0.1, -0.05) is 6.07 Å². The molecule has 0 radical (unpaired) electrons. The number of rotatable bonds is 7. The molecule has 0 saturated heterocycles. The minimum Gasteiger partial charge on any atom is -0.497 e. The molecule has 11 heteroatoms. The number of imidazole rings is 1. The van der Waals surface area contributed by atoms with E-state index in [0.717, 1.165) is 26.5 Å². The van der Waals surface area contributed by atoms with Gasteiger partial charge in [0.2, 0.25) is 0 Å². The Balaban J connectivity index is 1.67. The van der Waals surface area contributed by atoms with Gasteiger partial charge in [0.05, 0.1) is 30.0 Å². The molecule has 0 aliphatic rings. The highest BCUT2D eigenvalue weighted by atomic mass is 32.2. The predicted molar refractivity (Wildman–Crippen MR) is 142 cm³/mol. The monoisotopic (exact) mass is 520 g/mol. The molecule has 9 nitrogen and oxygen atoms in total. The number of hydrogen-bond acceptors (Lipinski definition) is 5. The van der Waals surface area contributed by atoms with Crippen molar-refractivity contribution in [1.29, 1.82) is 0 Å². The summed E-state index contributed by atoms with van der Waals surface area (Å²) in [7, 11) is 2.30. The molecule has 190 valence electrons. The number of nitrogens with zero attached hydrogens (tertiary/aromatic N) is 5. The molecule has 37 heavy (non-hydrogen) atoms. The molecule has 0 unspecified atom stereocenters. The third-order valence-corrected chi connectivity index (χ3v) is 7.68. The van der Waals surface area contributed by atoms with Crippen molar-refractivity contribution >= 4 is 26.9 Å². The van der Waals surface area contributed by atoms with Gasteiger partial charge in [-0.05, 0) is 53.6 Å². The average Bonchev–Trinajstić information content (AvgIpc) is 3.53. The molecule has 0 aliphatic heterocycles. The van der Waals surface area contributed by atoms with Crippen LogP contribution in [0.5, 0.6) is 5.75 Å². The lowest BCUT2D eigenvalue weighted by Crippen LogP contribution is -2.36. The van der Waals surface area contributed by atoms with Gasteiger partial charge in [0.25, 0.3) is 0 Å². The van der Waals surface area contributed by atoms with Crippen molar-refractivity contribution in [3.05, 3.63) is 79.1 Å². The van der Waals surface area contributed by atoms with Crippen molar-refractivity contribution in [3.63, 3.8) is 0 Å².